The average molecular weight is 367 g/mol. The zero-order chi connectivity index (χ0) is 18.7. The molecule has 0 bridgehead atoms. The molecule has 1 fully saturated rings. The number of rotatable bonds is 5. The molecule has 1 aromatic heterocycles. The van der Waals surface area contributed by atoms with Crippen LogP contribution in [0, 0.1) is 11.8 Å². The highest BCUT2D eigenvalue weighted by molar-refractivity contribution is 5.55. The smallest absolute Gasteiger partial charge is 0.339 e. The van der Waals surface area contributed by atoms with E-state index in [0.29, 0.717) is 17.9 Å². The van der Waals surface area contributed by atoms with E-state index >= 15 is 0 Å². The first-order valence-electron chi connectivity index (χ1n) is 9.04. The Bertz CT molecular complexity index is 719. The fourth-order valence-electron chi connectivity index (χ4n) is 3.74. The van der Waals surface area contributed by atoms with E-state index in [2.05, 4.69) is 28.9 Å². The number of benzene rings is 1. The molecule has 3 rings (SSSR count). The number of piperidine rings is 1. The number of hydrogen-bond donors (Lipinski definition) is 0. The lowest BCUT2D eigenvalue weighted by Gasteiger charge is -2.34. The quantitative estimate of drug-likeness (QED) is 0.770. The first-order valence-corrected chi connectivity index (χ1v) is 9.04. The number of aryl methyl sites for hydroxylation is 1. The van der Waals surface area contributed by atoms with Gasteiger partial charge in [-0.2, -0.15) is 18.2 Å². The van der Waals surface area contributed by atoms with E-state index in [1.807, 2.05) is 0 Å². The molecule has 1 aromatic carbocycles. The summed E-state index contributed by atoms with van der Waals surface area (Å²) in [4.78, 5) is 6.71. The third-order valence-electron chi connectivity index (χ3n) is 4.73. The van der Waals surface area contributed by atoms with Gasteiger partial charge in [0, 0.05) is 25.1 Å². The summed E-state index contributed by atoms with van der Waals surface area (Å²) in [5.74, 6) is 2.10. The van der Waals surface area contributed by atoms with Crippen molar-refractivity contribution in [3.63, 3.8) is 0 Å². The fraction of sp³-hybridized carbons (Fsp3) is 0.579. The van der Waals surface area contributed by atoms with Gasteiger partial charge in [-0.1, -0.05) is 31.1 Å². The van der Waals surface area contributed by atoms with Gasteiger partial charge in [-0.3, -0.25) is 0 Å². The zero-order valence-corrected chi connectivity index (χ0v) is 15.1. The van der Waals surface area contributed by atoms with Crippen LogP contribution in [0.15, 0.2) is 28.8 Å². The molecular weight excluding hydrogens is 343 g/mol. The van der Waals surface area contributed by atoms with Crippen molar-refractivity contribution in [3.8, 4) is 11.4 Å². The minimum Gasteiger partial charge on any atom is -0.339 e. The molecule has 0 radical (unpaired) electrons. The SMILES string of the molecule is CC1CC(C)CN(CCCc2nc(-c3cccc(C(F)(F)F)c3)no2)C1. The lowest BCUT2D eigenvalue weighted by Crippen LogP contribution is -2.39. The van der Waals surface area contributed by atoms with Gasteiger partial charge in [0.1, 0.15) is 0 Å². The number of halogens is 3. The van der Waals surface area contributed by atoms with Crippen LogP contribution in [0.25, 0.3) is 11.4 Å². The van der Waals surface area contributed by atoms with Crippen LogP contribution in [-0.2, 0) is 12.6 Å². The summed E-state index contributed by atoms with van der Waals surface area (Å²) in [6, 6.07) is 4.99. The van der Waals surface area contributed by atoms with Crippen molar-refractivity contribution in [2.24, 2.45) is 11.8 Å². The maximum absolute atomic E-state index is 12.8. The molecule has 1 aliphatic rings. The largest absolute Gasteiger partial charge is 0.416 e. The standard InChI is InChI=1S/C19H24F3N3O/c1-13-9-14(2)12-25(11-13)8-4-7-17-23-18(24-26-17)15-5-3-6-16(10-15)19(20,21)22/h3,5-6,10,13-14H,4,7-9,11-12H2,1-2H3. The summed E-state index contributed by atoms with van der Waals surface area (Å²) in [5.41, 5.74) is -0.400. The molecule has 2 atom stereocenters. The second kappa shape index (κ2) is 7.78. The maximum atomic E-state index is 12.8. The molecule has 0 N–H and O–H groups in total. The predicted molar refractivity (Wildman–Crippen MR) is 92.4 cm³/mol. The van der Waals surface area contributed by atoms with Gasteiger partial charge in [0.05, 0.1) is 5.56 Å². The molecule has 0 saturated carbocycles. The van der Waals surface area contributed by atoms with Crippen LogP contribution in [0.4, 0.5) is 13.2 Å². The number of likely N-dealkylation sites (tertiary alicyclic amines) is 1. The van der Waals surface area contributed by atoms with E-state index in [-0.39, 0.29) is 5.82 Å². The summed E-state index contributed by atoms with van der Waals surface area (Å²) in [6.07, 6.45) is -1.58. The second-order valence-corrected chi connectivity index (χ2v) is 7.40. The van der Waals surface area contributed by atoms with Gasteiger partial charge < -0.3 is 9.42 Å². The van der Waals surface area contributed by atoms with E-state index in [1.54, 1.807) is 6.07 Å². The van der Waals surface area contributed by atoms with Gasteiger partial charge in [0.2, 0.25) is 11.7 Å². The molecule has 0 amide bonds. The lowest BCUT2D eigenvalue weighted by atomic mass is 9.92. The van der Waals surface area contributed by atoms with Crippen LogP contribution in [0.2, 0.25) is 0 Å². The monoisotopic (exact) mass is 367 g/mol. The number of nitrogens with zero attached hydrogens (tertiary/aromatic N) is 3. The van der Waals surface area contributed by atoms with Gasteiger partial charge in [0.25, 0.3) is 0 Å². The highest BCUT2D eigenvalue weighted by Gasteiger charge is 2.30. The normalized spacial score (nSPS) is 21.9. The third kappa shape index (κ3) is 4.84. The summed E-state index contributed by atoms with van der Waals surface area (Å²) < 4.78 is 43.7. The molecule has 0 spiro atoms. The van der Waals surface area contributed by atoms with Crippen molar-refractivity contribution in [2.45, 2.75) is 39.3 Å². The lowest BCUT2D eigenvalue weighted by molar-refractivity contribution is -0.137. The Morgan fingerprint density at radius 3 is 2.62 bits per heavy atom. The molecule has 2 unspecified atom stereocenters. The van der Waals surface area contributed by atoms with E-state index in [4.69, 9.17) is 4.52 Å². The van der Waals surface area contributed by atoms with Crippen LogP contribution in [0.1, 0.15) is 38.1 Å². The van der Waals surface area contributed by atoms with Gasteiger partial charge >= 0.3 is 6.18 Å². The van der Waals surface area contributed by atoms with E-state index in [0.717, 1.165) is 50.0 Å². The van der Waals surface area contributed by atoms with Gasteiger partial charge in [-0.25, -0.2) is 0 Å². The van der Waals surface area contributed by atoms with Crippen molar-refractivity contribution >= 4 is 0 Å². The van der Waals surface area contributed by atoms with E-state index in [1.165, 1.54) is 12.5 Å². The number of hydrogen-bond acceptors (Lipinski definition) is 4. The minimum atomic E-state index is -4.38. The molecule has 0 aliphatic carbocycles. The first kappa shape index (κ1) is 18.9. The highest BCUT2D eigenvalue weighted by Crippen LogP contribution is 2.31. The minimum absolute atomic E-state index is 0.200. The van der Waals surface area contributed by atoms with E-state index in [9.17, 15) is 13.2 Å². The molecular formula is C19H24F3N3O. The summed E-state index contributed by atoms with van der Waals surface area (Å²) >= 11 is 0. The molecule has 142 valence electrons. The second-order valence-electron chi connectivity index (χ2n) is 7.40. The van der Waals surface area contributed by atoms with Crippen LogP contribution in [0.5, 0.6) is 0 Å². The molecule has 1 saturated heterocycles. The Kier molecular flexibility index (Phi) is 5.65. The molecule has 7 heteroatoms. The summed E-state index contributed by atoms with van der Waals surface area (Å²) in [6.45, 7) is 7.76. The molecule has 26 heavy (non-hydrogen) atoms. The fourth-order valence-corrected chi connectivity index (χ4v) is 3.74. The Morgan fingerprint density at radius 2 is 1.92 bits per heavy atom. The van der Waals surface area contributed by atoms with Crippen molar-refractivity contribution in [1.29, 1.82) is 0 Å². The Balaban J connectivity index is 1.57. The zero-order valence-electron chi connectivity index (χ0n) is 15.1. The van der Waals surface area contributed by atoms with Crippen molar-refractivity contribution in [2.75, 3.05) is 19.6 Å². The third-order valence-corrected chi connectivity index (χ3v) is 4.73. The maximum Gasteiger partial charge on any atom is 0.416 e. The van der Waals surface area contributed by atoms with Crippen LogP contribution in [-0.4, -0.2) is 34.7 Å². The molecule has 2 aromatic rings. The summed E-state index contributed by atoms with van der Waals surface area (Å²) in [5, 5.41) is 3.83. The Hall–Kier alpha value is -1.89. The van der Waals surface area contributed by atoms with Crippen LogP contribution in [0.3, 0.4) is 0 Å². The number of aromatic nitrogens is 2. The summed E-state index contributed by atoms with van der Waals surface area (Å²) in [7, 11) is 0. The van der Waals surface area contributed by atoms with Crippen LogP contribution < -0.4 is 0 Å². The van der Waals surface area contributed by atoms with E-state index < -0.39 is 11.7 Å². The molecule has 4 nitrogen and oxygen atoms in total. The van der Waals surface area contributed by atoms with Gasteiger partial charge in [-0.05, 0) is 43.4 Å². The van der Waals surface area contributed by atoms with Crippen molar-refractivity contribution < 1.29 is 17.7 Å². The number of alkyl halides is 3. The van der Waals surface area contributed by atoms with Gasteiger partial charge in [0.15, 0.2) is 0 Å². The first-order chi connectivity index (χ1) is 12.3. The molecule has 1 aliphatic heterocycles. The Labute approximate surface area is 151 Å². The highest BCUT2D eigenvalue weighted by atomic mass is 19.4. The Morgan fingerprint density at radius 1 is 1.19 bits per heavy atom. The molecule has 2 heterocycles. The van der Waals surface area contributed by atoms with Gasteiger partial charge in [-0.15, -0.1) is 0 Å². The van der Waals surface area contributed by atoms with Crippen molar-refractivity contribution in [3.05, 3.63) is 35.7 Å². The van der Waals surface area contributed by atoms with Crippen molar-refractivity contribution in [1.82, 2.24) is 15.0 Å². The van der Waals surface area contributed by atoms with Crippen LogP contribution >= 0.6 is 0 Å². The topological polar surface area (TPSA) is 42.2 Å². The predicted octanol–water partition coefficient (Wildman–Crippen LogP) is 4.67. The average Bonchev–Trinajstić information content (AvgIpc) is 3.02.